The fourth-order valence-corrected chi connectivity index (χ4v) is 13.9. The summed E-state index contributed by atoms with van der Waals surface area (Å²) in [5.41, 5.74) is 3.58. The zero-order valence-corrected chi connectivity index (χ0v) is 34.2. The minimum atomic E-state index is 0.0836. The molecule has 0 aliphatic heterocycles. The molecule has 9 atom stereocenters. The van der Waals surface area contributed by atoms with E-state index in [0.29, 0.717) is 39.9 Å². The highest BCUT2D eigenvalue weighted by Crippen LogP contribution is 2.89. The van der Waals surface area contributed by atoms with Crippen LogP contribution in [-0.4, -0.2) is 12.1 Å². The van der Waals surface area contributed by atoms with Crippen molar-refractivity contribution in [2.45, 2.75) is 222 Å². The molecule has 2 nitrogen and oxygen atoms in total. The summed E-state index contributed by atoms with van der Waals surface area (Å²) in [7, 11) is 0. The number of esters is 1. The third-order valence-corrected chi connectivity index (χ3v) is 17.3. The van der Waals surface area contributed by atoms with Gasteiger partial charge in [0.2, 0.25) is 0 Å². The van der Waals surface area contributed by atoms with Crippen molar-refractivity contribution in [3.63, 3.8) is 0 Å². The number of fused-ring (bicyclic) bond motifs is 2. The van der Waals surface area contributed by atoms with E-state index < -0.39 is 0 Å². The second-order valence-electron chi connectivity index (χ2n) is 20.3. The van der Waals surface area contributed by atoms with Crippen molar-refractivity contribution in [2.75, 3.05) is 0 Å². The molecule has 0 aromatic rings. The first-order valence-corrected chi connectivity index (χ1v) is 22.2. The standard InChI is InChI=1S/C47H82O2/c1-10-11-12-13-14-15-16-17-18-19-20-21-22-23-42(48)49-41-29-31-46-34-47(46)33-32-44(8)38(37(5)25-24-36(4)35(2)3)28-30-45(44,9)40(47)27-26-39(46)43(41,6)7/h35,37-41H,4,10-34H2,1-3,5-9H3/t37-,38-,39+,40+,41+,44-,45+,46-,47+/m1/s1. The molecule has 2 spiro atoms. The van der Waals surface area contributed by atoms with Crippen molar-refractivity contribution in [1.29, 1.82) is 0 Å². The Kier molecular flexibility index (Phi) is 12.9. The fourth-order valence-electron chi connectivity index (χ4n) is 13.9. The van der Waals surface area contributed by atoms with Crippen LogP contribution in [0.4, 0.5) is 0 Å². The van der Waals surface area contributed by atoms with Gasteiger partial charge in [-0.1, -0.05) is 145 Å². The lowest BCUT2D eigenvalue weighted by molar-refractivity contribution is -0.183. The van der Waals surface area contributed by atoms with E-state index in [2.05, 4.69) is 62.0 Å². The highest BCUT2D eigenvalue weighted by Gasteiger charge is 2.82. The van der Waals surface area contributed by atoms with Crippen LogP contribution in [0.2, 0.25) is 0 Å². The monoisotopic (exact) mass is 679 g/mol. The lowest BCUT2D eigenvalue weighted by Crippen LogP contribution is -2.58. The van der Waals surface area contributed by atoms with Gasteiger partial charge in [-0.2, -0.15) is 0 Å². The van der Waals surface area contributed by atoms with Crippen molar-refractivity contribution in [1.82, 2.24) is 0 Å². The van der Waals surface area contributed by atoms with Gasteiger partial charge in [0, 0.05) is 11.8 Å². The van der Waals surface area contributed by atoms with Crippen molar-refractivity contribution in [2.24, 2.45) is 56.7 Å². The van der Waals surface area contributed by atoms with Gasteiger partial charge in [-0.3, -0.25) is 4.79 Å². The number of carbonyl (C=O) groups is 1. The minimum Gasteiger partial charge on any atom is -0.462 e. The molecule has 0 N–H and O–H groups in total. The van der Waals surface area contributed by atoms with E-state index in [0.717, 1.165) is 30.6 Å². The molecule has 5 aliphatic rings. The summed E-state index contributed by atoms with van der Waals surface area (Å²) in [5.74, 6) is 3.96. The zero-order chi connectivity index (χ0) is 35.5. The highest BCUT2D eigenvalue weighted by molar-refractivity contribution is 5.69. The van der Waals surface area contributed by atoms with Crippen LogP contribution < -0.4 is 0 Å². The van der Waals surface area contributed by atoms with Crippen LogP contribution in [0, 0.1) is 56.7 Å². The van der Waals surface area contributed by atoms with Gasteiger partial charge in [0.25, 0.3) is 0 Å². The Bertz CT molecular complexity index is 1100. The highest BCUT2D eigenvalue weighted by atomic mass is 16.5. The molecule has 0 heterocycles. The molecule has 5 rings (SSSR count). The lowest BCUT2D eigenvalue weighted by atomic mass is 9.41. The van der Waals surface area contributed by atoms with E-state index >= 15 is 0 Å². The van der Waals surface area contributed by atoms with E-state index in [4.69, 9.17) is 4.74 Å². The van der Waals surface area contributed by atoms with Gasteiger partial charge in [0.05, 0.1) is 0 Å². The molecular formula is C47H82O2. The Morgan fingerprint density at radius 2 is 1.24 bits per heavy atom. The molecular weight excluding hydrogens is 597 g/mol. The molecule has 49 heavy (non-hydrogen) atoms. The summed E-state index contributed by atoms with van der Waals surface area (Å²) in [6.07, 6.45) is 33.1. The molecule has 0 aromatic heterocycles. The van der Waals surface area contributed by atoms with Crippen molar-refractivity contribution >= 4 is 5.97 Å². The maximum Gasteiger partial charge on any atom is 0.306 e. The number of unbranched alkanes of at least 4 members (excludes halogenated alkanes) is 12. The van der Waals surface area contributed by atoms with E-state index in [1.165, 1.54) is 147 Å². The van der Waals surface area contributed by atoms with Crippen LogP contribution in [0.25, 0.3) is 0 Å². The Labute approximate surface area is 305 Å². The van der Waals surface area contributed by atoms with Crippen LogP contribution in [0.1, 0.15) is 216 Å². The number of hydrogen-bond donors (Lipinski definition) is 0. The van der Waals surface area contributed by atoms with Crippen molar-refractivity contribution in [3.8, 4) is 0 Å². The Balaban J connectivity index is 1.07. The second kappa shape index (κ2) is 16.1. The molecule has 282 valence electrons. The quantitative estimate of drug-likeness (QED) is 0.0728. The molecule has 0 bridgehead atoms. The number of ether oxygens (including phenoxy) is 1. The Morgan fingerprint density at radius 3 is 1.86 bits per heavy atom. The van der Waals surface area contributed by atoms with Crippen LogP contribution in [0.5, 0.6) is 0 Å². The maximum absolute atomic E-state index is 13.2. The first-order chi connectivity index (χ1) is 23.3. The second-order valence-corrected chi connectivity index (χ2v) is 20.3. The molecule has 0 unspecified atom stereocenters. The van der Waals surface area contributed by atoms with Gasteiger partial charge in [-0.05, 0) is 128 Å². The van der Waals surface area contributed by atoms with Crippen LogP contribution in [0.3, 0.4) is 0 Å². The van der Waals surface area contributed by atoms with Gasteiger partial charge in [-0.15, -0.1) is 0 Å². The van der Waals surface area contributed by atoms with Crippen molar-refractivity contribution in [3.05, 3.63) is 12.2 Å². The SMILES string of the molecule is C=C(CC[C@@H](C)[C@H]1CC[C@@]2(C)[C@@H]3CC[C@H]4C(C)(C)[C@@H](OC(=O)CCCCCCCCCCCCCCC)CC[C@@]45C[C@@]35CC[C@]12C)C(C)C. The molecule has 5 fully saturated rings. The molecule has 0 radical (unpaired) electrons. The summed E-state index contributed by atoms with van der Waals surface area (Å²) in [6.45, 7) is 24.4. The number of carbonyl (C=O) groups excluding carboxylic acids is 1. The molecule has 2 heteroatoms. The first-order valence-electron chi connectivity index (χ1n) is 22.2. The van der Waals surface area contributed by atoms with E-state index in [9.17, 15) is 4.79 Å². The number of rotatable bonds is 20. The summed E-state index contributed by atoms with van der Waals surface area (Å²) in [6, 6.07) is 0. The van der Waals surface area contributed by atoms with Gasteiger partial charge in [0.1, 0.15) is 6.10 Å². The topological polar surface area (TPSA) is 26.3 Å². The van der Waals surface area contributed by atoms with Crippen LogP contribution in [0.15, 0.2) is 12.2 Å². The summed E-state index contributed by atoms with van der Waals surface area (Å²) >= 11 is 0. The Hall–Kier alpha value is -0.790. The molecule has 0 amide bonds. The third-order valence-electron chi connectivity index (χ3n) is 17.3. The van der Waals surface area contributed by atoms with Gasteiger partial charge in [-0.25, -0.2) is 0 Å². The lowest BCUT2D eigenvalue weighted by Gasteiger charge is -2.63. The summed E-state index contributed by atoms with van der Waals surface area (Å²) in [4.78, 5) is 13.2. The molecule has 5 saturated carbocycles. The summed E-state index contributed by atoms with van der Waals surface area (Å²) < 4.78 is 6.41. The smallest absolute Gasteiger partial charge is 0.306 e. The van der Waals surface area contributed by atoms with E-state index in [1.54, 1.807) is 0 Å². The largest absolute Gasteiger partial charge is 0.462 e. The minimum absolute atomic E-state index is 0.0836. The fraction of sp³-hybridized carbons (Fsp3) is 0.936. The average molecular weight is 679 g/mol. The maximum atomic E-state index is 13.2. The third kappa shape index (κ3) is 7.53. The van der Waals surface area contributed by atoms with Crippen LogP contribution in [-0.2, 0) is 9.53 Å². The predicted molar refractivity (Wildman–Crippen MR) is 209 cm³/mol. The number of allylic oxidation sites excluding steroid dienone is 1. The van der Waals surface area contributed by atoms with Gasteiger partial charge < -0.3 is 4.74 Å². The molecule has 0 aromatic carbocycles. The Morgan fingerprint density at radius 1 is 0.673 bits per heavy atom. The van der Waals surface area contributed by atoms with Gasteiger partial charge in [0.15, 0.2) is 0 Å². The van der Waals surface area contributed by atoms with Gasteiger partial charge >= 0.3 is 5.97 Å². The molecule has 0 saturated heterocycles. The van der Waals surface area contributed by atoms with Crippen molar-refractivity contribution < 1.29 is 9.53 Å². The first kappa shape index (κ1) is 39.4. The summed E-state index contributed by atoms with van der Waals surface area (Å²) in [5, 5.41) is 0. The van der Waals surface area contributed by atoms with Crippen LogP contribution >= 0.6 is 0 Å². The zero-order valence-electron chi connectivity index (χ0n) is 34.2. The normalized spacial score (nSPS) is 37.9. The van der Waals surface area contributed by atoms with E-state index in [1.807, 2.05) is 0 Å². The molecule has 5 aliphatic carbocycles. The predicted octanol–water partition coefficient (Wildman–Crippen LogP) is 14.4. The average Bonchev–Trinajstić information content (AvgIpc) is 3.64. The van der Waals surface area contributed by atoms with E-state index in [-0.39, 0.29) is 17.5 Å². The number of hydrogen-bond acceptors (Lipinski definition) is 2.